The zero-order valence-corrected chi connectivity index (χ0v) is 22.5. The molecule has 2 saturated heterocycles. The Kier molecular flexibility index (Phi) is 7.19. The smallest absolute Gasteiger partial charge is 0.334 e. The van der Waals surface area contributed by atoms with Crippen molar-refractivity contribution in [3.05, 3.63) is 95.3 Å². The van der Waals surface area contributed by atoms with Gasteiger partial charge in [0.25, 0.3) is 0 Å². The maximum atomic E-state index is 14.0. The second kappa shape index (κ2) is 11.1. The molecule has 3 aromatic carbocycles. The fourth-order valence-corrected chi connectivity index (χ4v) is 5.61. The number of halogens is 1. The minimum Gasteiger partial charge on any atom is -0.454 e. The van der Waals surface area contributed by atoms with Crippen molar-refractivity contribution in [2.45, 2.75) is 31.7 Å². The van der Waals surface area contributed by atoms with Crippen LogP contribution in [0.25, 0.3) is 0 Å². The van der Waals surface area contributed by atoms with E-state index < -0.39 is 18.2 Å². The highest BCUT2D eigenvalue weighted by atomic mass is 19.1. The molecule has 3 aromatic rings. The number of nitrogens with zero attached hydrogens (tertiary/aromatic N) is 4. The molecule has 0 saturated carbocycles. The molecule has 1 N–H and O–H groups in total. The van der Waals surface area contributed by atoms with Crippen molar-refractivity contribution < 1.29 is 28.2 Å². The van der Waals surface area contributed by atoms with Crippen molar-refractivity contribution in [1.82, 2.24) is 25.1 Å². The van der Waals surface area contributed by atoms with Gasteiger partial charge in [0.1, 0.15) is 18.0 Å². The van der Waals surface area contributed by atoms with Gasteiger partial charge in [-0.1, -0.05) is 48.5 Å². The summed E-state index contributed by atoms with van der Waals surface area (Å²) in [6, 6.07) is 19.7. The van der Waals surface area contributed by atoms with Crippen molar-refractivity contribution in [3.8, 4) is 11.5 Å². The standard InChI is InChI=1S/C30H30FN5O5/c1-33-18-28(37)35-24(13-20-5-3-2-4-6-20)29(38)34(16-22-9-12-25-26(14-22)41-19-40-25)17-27(35)36(33)30(39)32-15-21-7-10-23(31)11-8-21/h2-12,14,24,27H,13,15-19H2,1H3,(H,32,39)/t24-,27-/m0/s1. The van der Waals surface area contributed by atoms with Crippen LogP contribution in [0.1, 0.15) is 16.7 Å². The monoisotopic (exact) mass is 559 g/mol. The van der Waals surface area contributed by atoms with Crippen LogP contribution >= 0.6 is 0 Å². The van der Waals surface area contributed by atoms with Gasteiger partial charge in [0.15, 0.2) is 11.5 Å². The summed E-state index contributed by atoms with van der Waals surface area (Å²) in [6.45, 7) is 0.666. The second-order valence-electron chi connectivity index (χ2n) is 10.3. The number of hydrazine groups is 1. The van der Waals surface area contributed by atoms with Crippen LogP contribution in [0.5, 0.6) is 11.5 Å². The maximum absolute atomic E-state index is 14.0. The van der Waals surface area contributed by atoms with Gasteiger partial charge < -0.3 is 24.6 Å². The first-order valence-electron chi connectivity index (χ1n) is 13.4. The van der Waals surface area contributed by atoms with Crippen molar-refractivity contribution in [3.63, 3.8) is 0 Å². The molecule has 0 radical (unpaired) electrons. The minimum absolute atomic E-state index is 0.0544. The van der Waals surface area contributed by atoms with E-state index in [1.807, 2.05) is 48.5 Å². The van der Waals surface area contributed by atoms with E-state index in [0.717, 1.165) is 16.7 Å². The van der Waals surface area contributed by atoms with Gasteiger partial charge in [-0.2, -0.15) is 0 Å². The van der Waals surface area contributed by atoms with Gasteiger partial charge in [0.05, 0.1) is 13.1 Å². The minimum atomic E-state index is -0.793. The van der Waals surface area contributed by atoms with E-state index in [4.69, 9.17) is 9.47 Å². The first-order valence-corrected chi connectivity index (χ1v) is 13.4. The lowest BCUT2D eigenvalue weighted by atomic mass is 9.98. The summed E-state index contributed by atoms with van der Waals surface area (Å²) in [6.07, 6.45) is -0.413. The Morgan fingerprint density at radius 3 is 2.46 bits per heavy atom. The molecule has 41 heavy (non-hydrogen) atoms. The van der Waals surface area contributed by atoms with Crippen LogP contribution in [0, 0.1) is 5.82 Å². The van der Waals surface area contributed by atoms with Crippen molar-refractivity contribution in [2.24, 2.45) is 0 Å². The quantitative estimate of drug-likeness (QED) is 0.499. The molecule has 3 aliphatic rings. The van der Waals surface area contributed by atoms with Crippen LogP contribution < -0.4 is 14.8 Å². The van der Waals surface area contributed by atoms with E-state index in [0.29, 0.717) is 17.9 Å². The van der Waals surface area contributed by atoms with Gasteiger partial charge in [-0.3, -0.25) is 9.59 Å². The number of benzene rings is 3. The Bertz CT molecular complexity index is 1450. The van der Waals surface area contributed by atoms with E-state index in [1.165, 1.54) is 17.1 Å². The number of amides is 4. The van der Waals surface area contributed by atoms with Crippen LogP contribution in [-0.4, -0.2) is 76.8 Å². The maximum Gasteiger partial charge on any atom is 0.334 e. The van der Waals surface area contributed by atoms with E-state index in [1.54, 1.807) is 34.0 Å². The summed E-state index contributed by atoms with van der Waals surface area (Å²) in [4.78, 5) is 44.3. The number of hydrogen-bond acceptors (Lipinski definition) is 6. The highest BCUT2D eigenvalue weighted by Gasteiger charge is 2.50. The molecule has 0 spiro atoms. The third-order valence-electron chi connectivity index (χ3n) is 7.59. The van der Waals surface area contributed by atoms with Gasteiger partial charge >= 0.3 is 6.03 Å². The zero-order chi connectivity index (χ0) is 28.5. The normalized spacial score (nSPS) is 20.3. The highest BCUT2D eigenvalue weighted by Crippen LogP contribution is 2.34. The molecule has 0 bridgehead atoms. The summed E-state index contributed by atoms with van der Waals surface area (Å²) in [5.74, 6) is 0.493. The predicted octanol–water partition coefficient (Wildman–Crippen LogP) is 2.73. The lowest BCUT2D eigenvalue weighted by molar-refractivity contribution is -0.187. The van der Waals surface area contributed by atoms with Gasteiger partial charge in [-0.05, 0) is 41.0 Å². The molecule has 10 nitrogen and oxygen atoms in total. The molecule has 4 amide bonds. The van der Waals surface area contributed by atoms with Gasteiger partial charge in [0.2, 0.25) is 18.6 Å². The van der Waals surface area contributed by atoms with Crippen LogP contribution in [0.15, 0.2) is 72.8 Å². The van der Waals surface area contributed by atoms with Gasteiger partial charge in [0, 0.05) is 26.6 Å². The second-order valence-corrected chi connectivity index (χ2v) is 10.3. The molecule has 0 aromatic heterocycles. The predicted molar refractivity (Wildman–Crippen MR) is 146 cm³/mol. The van der Waals surface area contributed by atoms with E-state index in [2.05, 4.69) is 5.32 Å². The Hall–Kier alpha value is -4.64. The summed E-state index contributed by atoms with van der Waals surface area (Å²) < 4.78 is 24.3. The van der Waals surface area contributed by atoms with Crippen LogP contribution in [0.3, 0.4) is 0 Å². The van der Waals surface area contributed by atoms with Crippen molar-refractivity contribution in [1.29, 1.82) is 0 Å². The number of urea groups is 1. The number of fused-ring (bicyclic) bond motifs is 2. The van der Waals surface area contributed by atoms with Gasteiger partial charge in [-0.25, -0.2) is 19.2 Å². The molecule has 0 unspecified atom stereocenters. The van der Waals surface area contributed by atoms with E-state index in [9.17, 15) is 18.8 Å². The lowest BCUT2D eigenvalue weighted by Gasteiger charge is -2.54. The SMILES string of the molecule is CN1CC(=O)N2[C@@H](Cc3ccccc3)C(=O)N(Cc3ccc4c(c3)OCO4)C[C@@H]2N1C(=O)NCc1ccc(F)cc1. The molecule has 11 heteroatoms. The number of hydrogen-bond donors (Lipinski definition) is 1. The summed E-state index contributed by atoms with van der Waals surface area (Å²) in [7, 11) is 1.68. The average molecular weight is 560 g/mol. The molecule has 2 fully saturated rings. The number of carbonyl (C=O) groups is 3. The summed E-state index contributed by atoms with van der Waals surface area (Å²) in [5.41, 5.74) is 2.49. The third-order valence-corrected chi connectivity index (χ3v) is 7.59. The number of piperazine rings is 1. The highest BCUT2D eigenvalue weighted by molar-refractivity contribution is 5.91. The molecule has 212 valence electrons. The molecular weight excluding hydrogens is 529 g/mol. The van der Waals surface area contributed by atoms with Crippen LogP contribution in [0.2, 0.25) is 0 Å². The van der Waals surface area contributed by atoms with E-state index in [-0.39, 0.29) is 50.6 Å². The van der Waals surface area contributed by atoms with Crippen LogP contribution in [-0.2, 0) is 29.1 Å². The van der Waals surface area contributed by atoms with Crippen molar-refractivity contribution in [2.75, 3.05) is 26.9 Å². The number of rotatable bonds is 6. The Morgan fingerprint density at radius 1 is 0.951 bits per heavy atom. The number of carbonyl (C=O) groups excluding carboxylic acids is 3. The molecule has 3 heterocycles. The number of ether oxygens (including phenoxy) is 2. The molecule has 2 atom stereocenters. The summed E-state index contributed by atoms with van der Waals surface area (Å²) in [5, 5.41) is 5.97. The van der Waals surface area contributed by atoms with E-state index >= 15 is 0 Å². The van der Waals surface area contributed by atoms with Crippen LogP contribution in [0.4, 0.5) is 9.18 Å². The summed E-state index contributed by atoms with van der Waals surface area (Å²) >= 11 is 0. The largest absolute Gasteiger partial charge is 0.454 e. The Morgan fingerprint density at radius 2 is 1.68 bits per heavy atom. The molecule has 0 aliphatic carbocycles. The molecule has 6 rings (SSSR count). The number of nitrogens with one attached hydrogen (secondary N) is 1. The lowest BCUT2D eigenvalue weighted by Crippen LogP contribution is -2.76. The average Bonchev–Trinajstić information content (AvgIpc) is 3.43. The van der Waals surface area contributed by atoms with Gasteiger partial charge in [-0.15, -0.1) is 0 Å². The van der Waals surface area contributed by atoms with Crippen molar-refractivity contribution >= 4 is 17.8 Å². The Labute approximate surface area is 236 Å². The first kappa shape index (κ1) is 26.6. The fourth-order valence-electron chi connectivity index (χ4n) is 5.61. The zero-order valence-electron chi connectivity index (χ0n) is 22.5. The third kappa shape index (κ3) is 5.40. The topological polar surface area (TPSA) is 94.7 Å². The fraction of sp³-hybridized carbons (Fsp3) is 0.300. The Balaban J connectivity index is 1.29. The first-order chi connectivity index (χ1) is 19.9. The number of likely N-dealkylation sites (N-methyl/N-ethyl adjacent to an activating group) is 1. The molecule has 3 aliphatic heterocycles. The molecular formula is C30H30FN5O5.